The molecular formula is C16H16N2O. The zero-order valence-electron chi connectivity index (χ0n) is 10.8. The van der Waals surface area contributed by atoms with Crippen LogP contribution in [0.2, 0.25) is 0 Å². The number of benzene rings is 2. The summed E-state index contributed by atoms with van der Waals surface area (Å²) in [4.78, 5) is 4.50. The van der Waals surface area contributed by atoms with Gasteiger partial charge in [0.05, 0.1) is 0 Å². The Kier molecular flexibility index (Phi) is 2.95. The number of hydrogen-bond acceptors (Lipinski definition) is 3. The number of aromatic nitrogens is 1. The summed E-state index contributed by atoms with van der Waals surface area (Å²) in [7, 11) is 0. The number of anilines is 1. The van der Waals surface area contributed by atoms with Gasteiger partial charge in [0, 0.05) is 12.1 Å². The van der Waals surface area contributed by atoms with Crippen molar-refractivity contribution < 1.29 is 4.42 Å². The molecular weight excluding hydrogens is 236 g/mol. The zero-order chi connectivity index (χ0) is 13.2. The van der Waals surface area contributed by atoms with Crippen molar-refractivity contribution in [3.63, 3.8) is 0 Å². The van der Waals surface area contributed by atoms with Crippen LogP contribution >= 0.6 is 0 Å². The Labute approximate surface area is 112 Å². The Morgan fingerprint density at radius 3 is 2.58 bits per heavy atom. The van der Waals surface area contributed by atoms with E-state index in [1.807, 2.05) is 36.4 Å². The molecule has 0 fully saturated rings. The molecule has 0 aliphatic carbocycles. The second-order valence-corrected chi connectivity index (χ2v) is 4.85. The van der Waals surface area contributed by atoms with E-state index < -0.39 is 0 Å². The molecule has 1 unspecified atom stereocenters. The lowest BCUT2D eigenvalue weighted by atomic mass is 9.98. The molecule has 2 N–H and O–H groups in total. The van der Waals surface area contributed by atoms with Gasteiger partial charge in [-0.05, 0) is 35.7 Å². The second kappa shape index (κ2) is 4.76. The maximum absolute atomic E-state index is 5.75. The highest BCUT2D eigenvalue weighted by molar-refractivity contribution is 5.72. The molecule has 0 aliphatic rings. The van der Waals surface area contributed by atoms with Crippen LogP contribution in [0.15, 0.2) is 52.9 Å². The Balaban J connectivity index is 1.82. The fourth-order valence-electron chi connectivity index (χ4n) is 2.21. The van der Waals surface area contributed by atoms with Gasteiger partial charge in [-0.25, -0.2) is 4.98 Å². The van der Waals surface area contributed by atoms with Crippen LogP contribution in [0.5, 0.6) is 0 Å². The predicted octanol–water partition coefficient (Wildman–Crippen LogP) is 3.76. The summed E-state index contributed by atoms with van der Waals surface area (Å²) >= 11 is 0. The predicted molar refractivity (Wildman–Crippen MR) is 77.0 cm³/mol. The molecule has 19 heavy (non-hydrogen) atoms. The second-order valence-electron chi connectivity index (χ2n) is 4.85. The SMILES string of the molecule is CC(Cc1nc2ccccc2o1)c1ccc(N)cc1. The van der Waals surface area contributed by atoms with Crippen LogP contribution in [0.1, 0.15) is 24.3 Å². The lowest BCUT2D eigenvalue weighted by Crippen LogP contribution is -1.99. The number of nitrogens with two attached hydrogens (primary N) is 1. The maximum Gasteiger partial charge on any atom is 0.196 e. The van der Waals surface area contributed by atoms with Crippen molar-refractivity contribution in [2.75, 3.05) is 5.73 Å². The van der Waals surface area contributed by atoms with E-state index in [0.717, 1.165) is 29.1 Å². The van der Waals surface area contributed by atoms with Gasteiger partial charge in [-0.15, -0.1) is 0 Å². The Hall–Kier alpha value is -2.29. The number of hydrogen-bond donors (Lipinski definition) is 1. The number of rotatable bonds is 3. The van der Waals surface area contributed by atoms with E-state index in [2.05, 4.69) is 24.0 Å². The highest BCUT2D eigenvalue weighted by Crippen LogP contribution is 2.23. The van der Waals surface area contributed by atoms with Gasteiger partial charge in [0.1, 0.15) is 5.52 Å². The van der Waals surface area contributed by atoms with Crippen molar-refractivity contribution >= 4 is 16.8 Å². The molecule has 1 heterocycles. The normalized spacial score (nSPS) is 12.7. The smallest absolute Gasteiger partial charge is 0.196 e. The molecule has 1 aromatic heterocycles. The quantitative estimate of drug-likeness (QED) is 0.722. The number of para-hydroxylation sites is 2. The average Bonchev–Trinajstić information content (AvgIpc) is 2.81. The van der Waals surface area contributed by atoms with Crippen LogP contribution in [-0.4, -0.2) is 4.98 Å². The molecule has 0 amide bonds. The van der Waals surface area contributed by atoms with Gasteiger partial charge in [-0.3, -0.25) is 0 Å². The molecule has 1 atom stereocenters. The van der Waals surface area contributed by atoms with E-state index >= 15 is 0 Å². The summed E-state index contributed by atoms with van der Waals surface area (Å²) in [5.41, 5.74) is 9.50. The summed E-state index contributed by atoms with van der Waals surface area (Å²) in [6.07, 6.45) is 0.790. The Morgan fingerprint density at radius 1 is 1.11 bits per heavy atom. The first kappa shape index (κ1) is 11.8. The minimum Gasteiger partial charge on any atom is -0.441 e. The van der Waals surface area contributed by atoms with Crippen LogP contribution in [-0.2, 0) is 6.42 Å². The van der Waals surface area contributed by atoms with Crippen LogP contribution < -0.4 is 5.73 Å². The van der Waals surface area contributed by atoms with E-state index in [1.54, 1.807) is 0 Å². The first-order valence-corrected chi connectivity index (χ1v) is 6.42. The maximum atomic E-state index is 5.75. The molecule has 0 radical (unpaired) electrons. The van der Waals surface area contributed by atoms with E-state index in [-0.39, 0.29) is 0 Å². The van der Waals surface area contributed by atoms with Gasteiger partial charge in [-0.1, -0.05) is 31.2 Å². The third kappa shape index (κ3) is 2.45. The van der Waals surface area contributed by atoms with Crippen LogP contribution in [0.4, 0.5) is 5.69 Å². The highest BCUT2D eigenvalue weighted by atomic mass is 16.3. The third-order valence-electron chi connectivity index (χ3n) is 3.32. The molecule has 2 aromatic carbocycles. The average molecular weight is 252 g/mol. The van der Waals surface area contributed by atoms with Gasteiger partial charge in [-0.2, -0.15) is 0 Å². The summed E-state index contributed by atoms with van der Waals surface area (Å²) < 4.78 is 5.75. The fourth-order valence-corrected chi connectivity index (χ4v) is 2.21. The van der Waals surface area contributed by atoms with Gasteiger partial charge in [0.25, 0.3) is 0 Å². The molecule has 0 spiro atoms. The summed E-state index contributed by atoms with van der Waals surface area (Å²) in [5.74, 6) is 1.14. The Bertz CT molecular complexity index is 652. The zero-order valence-corrected chi connectivity index (χ0v) is 10.8. The molecule has 0 saturated carbocycles. The Morgan fingerprint density at radius 2 is 1.84 bits per heavy atom. The molecule has 3 nitrogen and oxygen atoms in total. The van der Waals surface area contributed by atoms with E-state index in [1.165, 1.54) is 5.56 Å². The minimum atomic E-state index is 0.355. The molecule has 3 rings (SSSR count). The molecule has 3 aromatic rings. The number of oxazole rings is 1. The van der Waals surface area contributed by atoms with Crippen molar-refractivity contribution in [2.24, 2.45) is 0 Å². The molecule has 0 bridgehead atoms. The van der Waals surface area contributed by atoms with Gasteiger partial charge < -0.3 is 10.2 Å². The summed E-state index contributed by atoms with van der Waals surface area (Å²) in [6.45, 7) is 2.17. The van der Waals surface area contributed by atoms with Crippen molar-refractivity contribution in [1.29, 1.82) is 0 Å². The van der Waals surface area contributed by atoms with Gasteiger partial charge >= 0.3 is 0 Å². The molecule has 0 saturated heterocycles. The van der Waals surface area contributed by atoms with Crippen molar-refractivity contribution in [2.45, 2.75) is 19.3 Å². The number of nitrogen functional groups attached to an aromatic ring is 1. The van der Waals surface area contributed by atoms with Crippen LogP contribution in [0, 0.1) is 0 Å². The van der Waals surface area contributed by atoms with Crippen molar-refractivity contribution in [3.8, 4) is 0 Å². The molecule has 3 heteroatoms. The van der Waals surface area contributed by atoms with Crippen LogP contribution in [0.25, 0.3) is 11.1 Å². The summed E-state index contributed by atoms with van der Waals surface area (Å²) in [5, 5.41) is 0. The first-order valence-electron chi connectivity index (χ1n) is 6.42. The topological polar surface area (TPSA) is 52.0 Å². The van der Waals surface area contributed by atoms with E-state index in [4.69, 9.17) is 10.2 Å². The monoisotopic (exact) mass is 252 g/mol. The summed E-state index contributed by atoms with van der Waals surface area (Å²) in [6, 6.07) is 15.8. The lowest BCUT2D eigenvalue weighted by Gasteiger charge is -2.09. The fraction of sp³-hybridized carbons (Fsp3) is 0.188. The van der Waals surface area contributed by atoms with Crippen molar-refractivity contribution in [3.05, 3.63) is 60.0 Å². The van der Waals surface area contributed by atoms with Crippen LogP contribution in [0.3, 0.4) is 0 Å². The van der Waals surface area contributed by atoms with Gasteiger partial charge in [0.2, 0.25) is 0 Å². The highest BCUT2D eigenvalue weighted by Gasteiger charge is 2.11. The lowest BCUT2D eigenvalue weighted by molar-refractivity contribution is 0.508. The third-order valence-corrected chi connectivity index (χ3v) is 3.32. The van der Waals surface area contributed by atoms with Gasteiger partial charge in [0.15, 0.2) is 11.5 Å². The largest absolute Gasteiger partial charge is 0.441 e. The standard InChI is InChI=1S/C16H16N2O/c1-11(12-6-8-13(17)9-7-12)10-16-18-14-4-2-3-5-15(14)19-16/h2-9,11H,10,17H2,1H3. The molecule has 96 valence electrons. The number of nitrogens with zero attached hydrogens (tertiary/aromatic N) is 1. The van der Waals surface area contributed by atoms with Crippen molar-refractivity contribution in [1.82, 2.24) is 4.98 Å². The number of fused-ring (bicyclic) bond motifs is 1. The minimum absolute atomic E-state index is 0.355. The first-order chi connectivity index (χ1) is 9.22. The van der Waals surface area contributed by atoms with E-state index in [9.17, 15) is 0 Å². The molecule has 0 aliphatic heterocycles. The van der Waals surface area contributed by atoms with E-state index in [0.29, 0.717) is 5.92 Å².